The number of hydrogen-bond acceptors (Lipinski definition) is 7. The first-order valence-electron chi connectivity index (χ1n) is 8.33. The second kappa shape index (κ2) is 6.33. The molecule has 26 heavy (non-hydrogen) atoms. The minimum atomic E-state index is -0.122. The van der Waals surface area contributed by atoms with Crippen molar-refractivity contribution in [3.05, 3.63) is 48.4 Å². The van der Waals surface area contributed by atoms with Gasteiger partial charge in [0.2, 0.25) is 0 Å². The second-order valence-electron chi connectivity index (χ2n) is 6.20. The van der Waals surface area contributed by atoms with E-state index >= 15 is 0 Å². The molecule has 0 atom stereocenters. The highest BCUT2D eigenvalue weighted by Crippen LogP contribution is 2.34. The topological polar surface area (TPSA) is 91.5 Å². The molecule has 6 nitrogen and oxygen atoms in total. The first-order valence-corrected chi connectivity index (χ1v) is 11.0. The molecular formula is C17H14N4O2S3. The summed E-state index contributed by atoms with van der Waals surface area (Å²) < 4.78 is 0.635. The van der Waals surface area contributed by atoms with Gasteiger partial charge in [-0.25, -0.2) is 9.97 Å². The molecule has 4 aromatic heterocycles. The highest BCUT2D eigenvalue weighted by atomic mass is 32.2. The van der Waals surface area contributed by atoms with Gasteiger partial charge in [0.1, 0.15) is 15.4 Å². The van der Waals surface area contributed by atoms with E-state index < -0.39 is 0 Å². The highest BCUT2D eigenvalue weighted by molar-refractivity contribution is 7.98. The van der Waals surface area contributed by atoms with Gasteiger partial charge in [-0.2, -0.15) is 0 Å². The zero-order valence-electron chi connectivity index (χ0n) is 13.6. The average molecular weight is 403 g/mol. The molecule has 2 N–H and O–H groups in total. The van der Waals surface area contributed by atoms with E-state index in [1.807, 2.05) is 11.4 Å². The Kier molecular flexibility index (Phi) is 3.95. The van der Waals surface area contributed by atoms with Crippen LogP contribution in [0.1, 0.15) is 29.1 Å². The van der Waals surface area contributed by atoms with E-state index in [2.05, 4.69) is 19.9 Å². The molecule has 1 aliphatic carbocycles. The van der Waals surface area contributed by atoms with E-state index in [9.17, 15) is 9.59 Å². The van der Waals surface area contributed by atoms with E-state index in [4.69, 9.17) is 0 Å². The number of aryl methyl sites for hydroxylation is 2. The maximum absolute atomic E-state index is 12.6. The van der Waals surface area contributed by atoms with Crippen LogP contribution in [0.15, 0.2) is 26.2 Å². The van der Waals surface area contributed by atoms with E-state index in [0.29, 0.717) is 27.0 Å². The molecule has 0 unspecified atom stereocenters. The fourth-order valence-corrected chi connectivity index (χ4v) is 6.12. The third-order valence-electron chi connectivity index (χ3n) is 4.51. The van der Waals surface area contributed by atoms with Gasteiger partial charge in [-0.1, -0.05) is 11.8 Å². The highest BCUT2D eigenvalue weighted by Gasteiger charge is 2.20. The predicted molar refractivity (Wildman–Crippen MR) is 107 cm³/mol. The van der Waals surface area contributed by atoms with Crippen molar-refractivity contribution in [1.29, 1.82) is 0 Å². The van der Waals surface area contributed by atoms with Gasteiger partial charge in [0.15, 0.2) is 5.16 Å². The first-order chi connectivity index (χ1) is 12.7. The number of hydrogen-bond donors (Lipinski definition) is 2. The van der Waals surface area contributed by atoms with Crippen LogP contribution in [0.5, 0.6) is 0 Å². The Hall–Kier alpha value is -1.97. The van der Waals surface area contributed by atoms with E-state index in [0.717, 1.165) is 29.5 Å². The summed E-state index contributed by atoms with van der Waals surface area (Å²) in [5, 5.41) is 3.18. The zero-order valence-corrected chi connectivity index (χ0v) is 16.1. The van der Waals surface area contributed by atoms with Crippen molar-refractivity contribution in [3.63, 3.8) is 0 Å². The van der Waals surface area contributed by atoms with Gasteiger partial charge < -0.3 is 9.97 Å². The Bertz CT molecular complexity index is 1250. The fraction of sp³-hybridized carbons (Fsp3) is 0.294. The van der Waals surface area contributed by atoms with E-state index in [1.54, 1.807) is 11.3 Å². The molecule has 0 spiro atoms. The lowest BCUT2D eigenvalue weighted by Crippen LogP contribution is -2.12. The van der Waals surface area contributed by atoms with Gasteiger partial charge in [-0.15, -0.1) is 22.7 Å². The van der Waals surface area contributed by atoms with Gasteiger partial charge >= 0.3 is 0 Å². The Balaban J connectivity index is 1.47. The molecule has 4 aromatic rings. The molecule has 0 fully saturated rings. The van der Waals surface area contributed by atoms with Gasteiger partial charge in [-0.3, -0.25) is 9.59 Å². The molecule has 0 saturated heterocycles. The number of H-pyrrole nitrogens is 2. The zero-order chi connectivity index (χ0) is 17.7. The minimum Gasteiger partial charge on any atom is -0.309 e. The van der Waals surface area contributed by atoms with E-state index in [-0.39, 0.29) is 11.1 Å². The van der Waals surface area contributed by atoms with Gasteiger partial charge in [-0.05, 0) is 42.7 Å². The number of nitrogens with zero attached hydrogens (tertiary/aromatic N) is 2. The van der Waals surface area contributed by atoms with Crippen molar-refractivity contribution in [2.45, 2.75) is 36.6 Å². The Morgan fingerprint density at radius 2 is 2.00 bits per heavy atom. The number of thioether (sulfide) groups is 1. The van der Waals surface area contributed by atoms with Crippen molar-refractivity contribution >= 4 is 54.9 Å². The smallest absolute Gasteiger partial charge is 0.268 e. The molecule has 132 valence electrons. The van der Waals surface area contributed by atoms with E-state index in [1.165, 1.54) is 40.0 Å². The normalized spacial score (nSPS) is 14.2. The summed E-state index contributed by atoms with van der Waals surface area (Å²) in [6.45, 7) is 0. The number of fused-ring (bicyclic) bond motifs is 4. The van der Waals surface area contributed by atoms with Crippen molar-refractivity contribution in [1.82, 2.24) is 19.9 Å². The maximum Gasteiger partial charge on any atom is 0.268 e. The molecular weight excluding hydrogens is 388 g/mol. The summed E-state index contributed by atoms with van der Waals surface area (Å²) in [7, 11) is 0. The van der Waals surface area contributed by atoms with Crippen molar-refractivity contribution in [2.24, 2.45) is 0 Å². The molecule has 0 amide bonds. The van der Waals surface area contributed by atoms with Crippen LogP contribution in [0.2, 0.25) is 0 Å². The second-order valence-corrected chi connectivity index (χ2v) is 9.16. The van der Waals surface area contributed by atoms with Crippen molar-refractivity contribution < 1.29 is 0 Å². The Morgan fingerprint density at radius 1 is 1.12 bits per heavy atom. The van der Waals surface area contributed by atoms with Crippen LogP contribution < -0.4 is 11.1 Å². The van der Waals surface area contributed by atoms with Crippen LogP contribution in [-0.2, 0) is 18.6 Å². The summed E-state index contributed by atoms with van der Waals surface area (Å²) in [4.78, 5) is 41.5. The first kappa shape index (κ1) is 16.2. The van der Waals surface area contributed by atoms with Gasteiger partial charge in [0.25, 0.3) is 11.1 Å². The number of aromatic nitrogens is 4. The molecule has 0 saturated carbocycles. The Morgan fingerprint density at radius 3 is 2.92 bits per heavy atom. The molecule has 0 aliphatic heterocycles. The molecule has 0 radical (unpaired) electrons. The summed E-state index contributed by atoms with van der Waals surface area (Å²) in [5.41, 5.74) is 1.71. The molecule has 5 rings (SSSR count). The maximum atomic E-state index is 12.6. The summed E-state index contributed by atoms with van der Waals surface area (Å²) in [5.74, 6) is 1.03. The average Bonchev–Trinajstić information content (AvgIpc) is 3.24. The Labute approximate surface area is 159 Å². The lowest BCUT2D eigenvalue weighted by Gasteiger charge is -2.09. The van der Waals surface area contributed by atoms with Crippen LogP contribution in [0.25, 0.3) is 20.4 Å². The molecule has 0 bridgehead atoms. The monoisotopic (exact) mass is 402 g/mol. The lowest BCUT2D eigenvalue weighted by atomic mass is 9.97. The van der Waals surface area contributed by atoms with Crippen molar-refractivity contribution in [2.75, 3.05) is 0 Å². The van der Waals surface area contributed by atoms with Crippen LogP contribution in [0, 0.1) is 0 Å². The van der Waals surface area contributed by atoms with Crippen LogP contribution in [0.3, 0.4) is 0 Å². The van der Waals surface area contributed by atoms with Gasteiger partial charge in [0.05, 0.1) is 16.7 Å². The van der Waals surface area contributed by atoms with Crippen LogP contribution >= 0.6 is 34.4 Å². The lowest BCUT2D eigenvalue weighted by molar-refractivity contribution is 0.700. The molecule has 4 heterocycles. The number of rotatable bonds is 3. The molecule has 0 aromatic carbocycles. The summed E-state index contributed by atoms with van der Waals surface area (Å²) in [6.07, 6.45) is 4.34. The van der Waals surface area contributed by atoms with Crippen LogP contribution in [-0.4, -0.2) is 19.9 Å². The minimum absolute atomic E-state index is 0.0633. The largest absolute Gasteiger partial charge is 0.309 e. The SMILES string of the molecule is O=c1[nH]c(CSc2nc3sc4c(c3c(=O)[nH]2)CCCC4)nc2ccsc12. The summed E-state index contributed by atoms with van der Waals surface area (Å²) in [6, 6.07) is 1.84. The van der Waals surface area contributed by atoms with Gasteiger partial charge in [0, 0.05) is 4.88 Å². The predicted octanol–water partition coefficient (Wildman–Crippen LogP) is 3.45. The number of thiophene rings is 2. The molecule has 9 heteroatoms. The van der Waals surface area contributed by atoms with Crippen LogP contribution in [0.4, 0.5) is 0 Å². The third kappa shape index (κ3) is 2.70. The summed E-state index contributed by atoms with van der Waals surface area (Å²) >= 11 is 4.40. The molecule has 1 aliphatic rings. The fourth-order valence-electron chi connectivity index (χ4n) is 3.34. The van der Waals surface area contributed by atoms with Crippen molar-refractivity contribution in [3.8, 4) is 0 Å². The number of aromatic amines is 2. The number of nitrogens with one attached hydrogen (secondary N) is 2. The quantitative estimate of drug-likeness (QED) is 0.404. The standard InChI is InChI=1S/C17H14N4O2S3/c22-14-12-8-3-1-2-4-10(8)26-16(12)21-17(20-14)25-7-11-18-9-5-6-24-13(9)15(23)19-11/h5-6H,1-4,7H2,(H,18,19,23)(H,20,21,22). The third-order valence-corrected chi connectivity index (χ3v) is 7.49.